The SMILES string of the molecule is CC[C@H](C)[C@H](NC(=O)[C@H](Cc1ccccc1)NC(=O)[C@H](CCCN=C(N)N)NC(=O)[C@H](CC(C)C)NC(=O)[C@H](CC(=O)O)NC(=O)[C@H](Cc1cnc[nH]1)NC(=O)[C@@H](NC(=O)[C@H](CO)NC(=O)[C@H](CCCN=C(N)N)NC(=O)[C@@H](N)C(C)C)[C@@H](C)CC)C(=O)N[C@@H](CO)C(=O)N[C@@H](CO)C(=O)N[C@@H](Cc1cnc[nH]1)C(=O)O. The Balaban J connectivity index is 1.97. The highest BCUT2D eigenvalue weighted by molar-refractivity contribution is 6.00. The smallest absolute Gasteiger partial charge is 0.326 e. The number of nitrogens with two attached hydrogens (primary N) is 5. The summed E-state index contributed by atoms with van der Waals surface area (Å²) in [5.74, 6) is -18.3. The number of H-pyrrole nitrogens is 2. The normalized spacial score (nSPS) is 15.2. The van der Waals surface area contributed by atoms with Crippen molar-refractivity contribution in [2.75, 3.05) is 32.9 Å². The molecule has 29 N–H and O–H groups in total. The Kier molecular flexibility index (Phi) is 40.7. The van der Waals surface area contributed by atoms with Crippen molar-refractivity contribution in [2.24, 2.45) is 62.3 Å². The number of guanidine groups is 2. The van der Waals surface area contributed by atoms with Gasteiger partial charge < -0.3 is 128 Å². The maximum atomic E-state index is 14.8. The first-order chi connectivity index (χ1) is 52.5. The average molecular weight is 1570 g/mol. The fourth-order valence-corrected chi connectivity index (χ4v) is 10.8. The summed E-state index contributed by atoms with van der Waals surface area (Å²) in [4.78, 5) is 215. The highest BCUT2D eigenvalue weighted by Crippen LogP contribution is 2.16. The number of rotatable bonds is 51. The summed E-state index contributed by atoms with van der Waals surface area (Å²) in [6, 6.07) is -12.5. The van der Waals surface area contributed by atoms with Gasteiger partial charge in [-0.3, -0.25) is 72.3 Å². The molecular weight excluding hydrogens is 1450 g/mol. The van der Waals surface area contributed by atoms with Crippen molar-refractivity contribution in [1.29, 1.82) is 0 Å². The lowest BCUT2D eigenvalue weighted by Gasteiger charge is -2.30. The van der Waals surface area contributed by atoms with Crippen LogP contribution in [0.2, 0.25) is 0 Å². The zero-order valence-electron chi connectivity index (χ0n) is 63.5. The Morgan fingerprint density at radius 3 is 1.18 bits per heavy atom. The molecule has 0 radical (unpaired) electrons. The van der Waals surface area contributed by atoms with Crippen LogP contribution >= 0.6 is 0 Å². The number of carbonyl (C=O) groups excluding carboxylic acids is 12. The van der Waals surface area contributed by atoms with Crippen LogP contribution in [0, 0.1) is 23.7 Å². The van der Waals surface area contributed by atoms with Gasteiger partial charge in [-0.05, 0) is 61.3 Å². The van der Waals surface area contributed by atoms with Gasteiger partial charge in [0.05, 0.1) is 44.9 Å². The van der Waals surface area contributed by atoms with Crippen LogP contribution < -0.4 is 92.5 Å². The van der Waals surface area contributed by atoms with Crippen molar-refractivity contribution in [3.8, 4) is 0 Å². The van der Waals surface area contributed by atoms with E-state index < -0.39 is 212 Å². The molecule has 1 aromatic carbocycles. The van der Waals surface area contributed by atoms with Gasteiger partial charge >= 0.3 is 11.9 Å². The molecule has 15 atom stereocenters. The summed E-state index contributed by atoms with van der Waals surface area (Å²) in [6.45, 7) is 9.99. The number of carbonyl (C=O) groups is 14. The molecule has 0 spiro atoms. The summed E-state index contributed by atoms with van der Waals surface area (Å²) in [6.07, 6.45) is 3.26. The minimum Gasteiger partial charge on any atom is -0.481 e. The Labute approximate surface area is 641 Å². The number of imidazole rings is 2. The number of nitrogens with one attached hydrogen (secondary N) is 14. The highest BCUT2D eigenvalue weighted by Gasteiger charge is 2.40. The van der Waals surface area contributed by atoms with Crippen LogP contribution in [-0.2, 0) is 86.4 Å². The van der Waals surface area contributed by atoms with Crippen LogP contribution in [0.5, 0.6) is 0 Å². The first-order valence-corrected chi connectivity index (χ1v) is 36.2. The van der Waals surface area contributed by atoms with Crippen molar-refractivity contribution in [1.82, 2.24) is 83.7 Å². The number of aliphatic hydroxyl groups excluding tert-OH is 3. The van der Waals surface area contributed by atoms with Crippen molar-refractivity contribution in [3.05, 3.63) is 72.3 Å². The number of carboxylic acid groups (broad SMARTS) is 2. The molecular formula is C69H111N23O19. The fraction of sp³-hybridized carbons (Fsp3) is 0.594. The zero-order chi connectivity index (χ0) is 83.2. The van der Waals surface area contributed by atoms with Gasteiger partial charge in [-0.15, -0.1) is 0 Å². The third-order valence-electron chi connectivity index (χ3n) is 17.7. The zero-order valence-corrected chi connectivity index (χ0v) is 63.5. The number of carboxylic acids is 2. The summed E-state index contributed by atoms with van der Waals surface area (Å²) in [5.41, 5.74) is 29.2. The number of aliphatic carboxylic acids is 2. The topological polar surface area (TPSA) is 697 Å². The molecule has 42 nitrogen and oxygen atoms in total. The molecule has 616 valence electrons. The summed E-state index contributed by atoms with van der Waals surface area (Å²) in [5, 5.41) is 80.3. The third-order valence-corrected chi connectivity index (χ3v) is 17.7. The minimum absolute atomic E-state index is 0.00189. The van der Waals surface area contributed by atoms with Gasteiger partial charge in [0.2, 0.25) is 70.9 Å². The number of hydrogen-bond donors (Lipinski definition) is 24. The molecule has 2 heterocycles. The van der Waals surface area contributed by atoms with E-state index in [0.717, 1.165) is 0 Å². The number of aliphatic imine (C=N–C) groups is 2. The van der Waals surface area contributed by atoms with E-state index in [1.165, 1.54) is 25.0 Å². The molecule has 0 aliphatic heterocycles. The molecule has 0 fully saturated rings. The van der Waals surface area contributed by atoms with Gasteiger partial charge in [0.1, 0.15) is 72.5 Å². The first-order valence-electron chi connectivity index (χ1n) is 36.2. The standard InChI is InChI=1S/C69H111N23O19/c1-9-36(7)53(92-63(106)50(31-95)88-56(99)42(19-15-21-78-69(73)74)82-64(107)52(70)35(5)6)65(108)86-45(24-39-27-75-32-79-39)58(101)85-46(26-51(96)97)59(102)83-43(22-34(3)4)57(100)81-41(18-14-20-77-68(71)72)55(98)84-44(23-38-16-12-11-13-17-38)60(103)91-54(37(8)10-2)66(109)90-49(30-94)62(105)89-48(29-93)61(104)87-47(67(110)111)25-40-28-76-33-80-40/h11-13,16-17,27-28,32-37,41-50,52-54,93-95H,9-10,14-15,18-26,29-31,70H2,1-8H3,(H,75,79)(H,76,80)(H,81,100)(H,82,107)(H,83,102)(H,84,98)(H,85,101)(H,86,108)(H,87,104)(H,88,99)(H,89,105)(H,90,109)(H,91,103)(H,92,106)(H,96,97)(H,110,111)(H4,71,72,77)(H4,73,74,78)/t36-,37-,41-,42-,43-,44-,45-,46-,47-,48-,49-,50-,52-,53-,54-/m0/s1. The van der Waals surface area contributed by atoms with Gasteiger partial charge in [-0.25, -0.2) is 14.8 Å². The molecule has 42 heteroatoms. The van der Waals surface area contributed by atoms with E-state index in [2.05, 4.69) is 93.7 Å². The van der Waals surface area contributed by atoms with E-state index in [1.54, 1.807) is 85.7 Å². The van der Waals surface area contributed by atoms with Crippen molar-refractivity contribution in [3.63, 3.8) is 0 Å². The molecule has 111 heavy (non-hydrogen) atoms. The summed E-state index contributed by atoms with van der Waals surface area (Å²) < 4.78 is 0. The second-order valence-electron chi connectivity index (χ2n) is 27.4. The Morgan fingerprint density at radius 1 is 0.432 bits per heavy atom. The van der Waals surface area contributed by atoms with E-state index in [0.29, 0.717) is 11.3 Å². The summed E-state index contributed by atoms with van der Waals surface area (Å²) >= 11 is 0. The molecule has 0 unspecified atom stereocenters. The molecule has 0 saturated heterocycles. The lowest BCUT2D eigenvalue weighted by Crippen LogP contribution is -2.62. The largest absolute Gasteiger partial charge is 0.481 e. The van der Waals surface area contributed by atoms with Gasteiger partial charge in [0.25, 0.3) is 0 Å². The van der Waals surface area contributed by atoms with Gasteiger partial charge in [-0.2, -0.15) is 0 Å². The average Bonchev–Trinajstić information content (AvgIpc) is 1.06. The molecule has 3 aromatic rings. The van der Waals surface area contributed by atoms with Crippen molar-refractivity contribution in [2.45, 2.75) is 205 Å². The summed E-state index contributed by atoms with van der Waals surface area (Å²) in [7, 11) is 0. The van der Waals surface area contributed by atoms with Crippen LogP contribution in [0.4, 0.5) is 0 Å². The lowest BCUT2D eigenvalue weighted by atomic mass is 9.96. The Morgan fingerprint density at radius 2 is 0.775 bits per heavy atom. The van der Waals surface area contributed by atoms with Crippen LogP contribution in [0.3, 0.4) is 0 Å². The highest BCUT2D eigenvalue weighted by atomic mass is 16.4. The predicted octanol–water partition coefficient (Wildman–Crippen LogP) is -7.26. The van der Waals surface area contributed by atoms with E-state index in [9.17, 15) is 92.7 Å². The number of hydrogen-bond acceptors (Lipinski definition) is 22. The van der Waals surface area contributed by atoms with Gasteiger partial charge in [-0.1, -0.05) is 98.6 Å². The molecule has 12 amide bonds. The second-order valence-corrected chi connectivity index (χ2v) is 27.4. The maximum Gasteiger partial charge on any atom is 0.326 e. The van der Waals surface area contributed by atoms with Crippen molar-refractivity contribution >= 4 is 94.7 Å². The van der Waals surface area contributed by atoms with Crippen LogP contribution in [0.25, 0.3) is 0 Å². The Hall–Kier alpha value is -11.4. The number of nitrogens with zero attached hydrogens (tertiary/aromatic N) is 4. The Bertz CT molecular complexity index is 3600. The van der Waals surface area contributed by atoms with E-state index in [1.807, 2.05) is 0 Å². The molecule has 0 aliphatic rings. The second kappa shape index (κ2) is 48.2. The quantitative estimate of drug-likeness (QED) is 0.0142. The third kappa shape index (κ3) is 33.1. The number of amides is 12. The fourth-order valence-electron chi connectivity index (χ4n) is 10.8. The molecule has 0 bridgehead atoms. The number of aromatic amines is 2. The lowest BCUT2D eigenvalue weighted by molar-refractivity contribution is -0.142. The van der Waals surface area contributed by atoms with Crippen LogP contribution in [-0.4, -0.2) is 252 Å². The molecule has 0 aliphatic carbocycles. The van der Waals surface area contributed by atoms with Gasteiger partial charge in [0.15, 0.2) is 11.9 Å². The predicted molar refractivity (Wildman–Crippen MR) is 400 cm³/mol. The molecule has 3 rings (SSSR count). The van der Waals surface area contributed by atoms with E-state index in [-0.39, 0.29) is 94.4 Å². The van der Waals surface area contributed by atoms with Crippen LogP contribution in [0.15, 0.2) is 65.4 Å². The number of aliphatic hydroxyl groups is 3. The van der Waals surface area contributed by atoms with Crippen LogP contribution in [0.1, 0.15) is 124 Å². The van der Waals surface area contributed by atoms with Crippen molar-refractivity contribution < 1.29 is 92.7 Å². The van der Waals surface area contributed by atoms with E-state index >= 15 is 0 Å². The monoisotopic (exact) mass is 1570 g/mol. The number of aromatic nitrogens is 4. The van der Waals surface area contributed by atoms with E-state index in [4.69, 9.17) is 28.7 Å². The molecule has 0 saturated carbocycles. The maximum absolute atomic E-state index is 14.8. The van der Waals surface area contributed by atoms with Gasteiger partial charge in [0, 0.05) is 56.1 Å². The first kappa shape index (κ1) is 93.8. The number of benzene rings is 1. The molecule has 2 aromatic heterocycles. The minimum atomic E-state index is -2.00.